The maximum absolute atomic E-state index is 13.6. The summed E-state index contributed by atoms with van der Waals surface area (Å²) < 4.78 is 14.2. The number of halogens is 2. The molecule has 1 amide bonds. The summed E-state index contributed by atoms with van der Waals surface area (Å²) in [5.74, 6) is -0.934. The number of nitrogens with one attached hydrogen (secondary N) is 2. The first-order valence-corrected chi connectivity index (χ1v) is 7.49. The first kappa shape index (κ1) is 16.9. The molecule has 2 aromatic rings. The van der Waals surface area contributed by atoms with Gasteiger partial charge >= 0.3 is 0 Å². The number of nitrogens with zero attached hydrogens (tertiary/aromatic N) is 1. The molecule has 120 valence electrons. The van der Waals surface area contributed by atoms with Crippen LogP contribution in [0.3, 0.4) is 0 Å². The third-order valence-corrected chi connectivity index (χ3v) is 3.47. The number of hydrogen-bond donors (Lipinski definition) is 2. The molecule has 2 N–H and O–H groups in total. The van der Waals surface area contributed by atoms with Crippen LogP contribution in [0.1, 0.15) is 6.42 Å². The second-order valence-electron chi connectivity index (χ2n) is 4.62. The average Bonchev–Trinajstić information content (AvgIpc) is 2.50. The number of nitro benzene ring substituents is 1. The van der Waals surface area contributed by atoms with Gasteiger partial charge in [-0.1, -0.05) is 28.1 Å². The third-order valence-electron chi connectivity index (χ3n) is 2.97. The van der Waals surface area contributed by atoms with E-state index in [1.807, 2.05) is 0 Å². The molecule has 0 saturated carbocycles. The van der Waals surface area contributed by atoms with E-state index in [2.05, 4.69) is 26.6 Å². The van der Waals surface area contributed by atoms with Crippen molar-refractivity contribution < 1.29 is 14.1 Å². The van der Waals surface area contributed by atoms with Crippen molar-refractivity contribution in [3.8, 4) is 0 Å². The molecule has 0 atom stereocenters. The van der Waals surface area contributed by atoms with E-state index in [1.54, 1.807) is 24.3 Å². The topological polar surface area (TPSA) is 84.3 Å². The average molecular weight is 382 g/mol. The van der Waals surface area contributed by atoms with Crippen LogP contribution in [0.15, 0.2) is 46.9 Å². The fourth-order valence-electron chi connectivity index (χ4n) is 1.90. The number of hydrogen-bond acceptors (Lipinski definition) is 4. The predicted molar refractivity (Wildman–Crippen MR) is 88.9 cm³/mol. The van der Waals surface area contributed by atoms with Gasteiger partial charge < -0.3 is 10.6 Å². The van der Waals surface area contributed by atoms with Gasteiger partial charge in [0.15, 0.2) is 0 Å². The zero-order valence-corrected chi connectivity index (χ0v) is 13.5. The molecule has 0 unspecified atom stereocenters. The van der Waals surface area contributed by atoms with Crippen molar-refractivity contribution in [1.29, 1.82) is 0 Å². The summed E-state index contributed by atoms with van der Waals surface area (Å²) in [7, 11) is 0. The highest BCUT2D eigenvalue weighted by molar-refractivity contribution is 9.10. The molecular formula is C15H13BrFN3O3. The van der Waals surface area contributed by atoms with Gasteiger partial charge in [-0.15, -0.1) is 0 Å². The Morgan fingerprint density at radius 3 is 2.65 bits per heavy atom. The van der Waals surface area contributed by atoms with Crippen LogP contribution in [0.5, 0.6) is 0 Å². The van der Waals surface area contributed by atoms with E-state index in [0.29, 0.717) is 10.2 Å². The first-order valence-electron chi connectivity index (χ1n) is 6.69. The molecule has 2 aromatic carbocycles. The van der Waals surface area contributed by atoms with E-state index >= 15 is 0 Å². The molecule has 0 aliphatic carbocycles. The van der Waals surface area contributed by atoms with Crippen molar-refractivity contribution in [1.82, 2.24) is 0 Å². The Morgan fingerprint density at radius 2 is 1.96 bits per heavy atom. The quantitative estimate of drug-likeness (QED) is 0.586. The molecule has 0 aliphatic heterocycles. The van der Waals surface area contributed by atoms with Gasteiger partial charge in [-0.05, 0) is 24.3 Å². The summed E-state index contributed by atoms with van der Waals surface area (Å²) in [5.41, 5.74) is 0.357. The number of anilines is 2. The summed E-state index contributed by atoms with van der Waals surface area (Å²) in [4.78, 5) is 22.2. The molecule has 2 rings (SSSR count). The molecule has 0 fully saturated rings. The van der Waals surface area contributed by atoms with Crippen molar-refractivity contribution in [3.05, 3.63) is 62.9 Å². The fourth-order valence-corrected chi connectivity index (χ4v) is 2.23. The van der Waals surface area contributed by atoms with Crippen molar-refractivity contribution in [2.75, 3.05) is 17.2 Å². The zero-order valence-electron chi connectivity index (χ0n) is 11.9. The smallest absolute Gasteiger partial charge is 0.292 e. The third kappa shape index (κ3) is 4.75. The maximum atomic E-state index is 13.6. The lowest BCUT2D eigenvalue weighted by Crippen LogP contribution is -2.17. The molecule has 0 saturated heterocycles. The Labute approximate surface area is 140 Å². The normalized spacial score (nSPS) is 10.2. The van der Waals surface area contributed by atoms with E-state index in [-0.39, 0.29) is 24.3 Å². The van der Waals surface area contributed by atoms with Crippen molar-refractivity contribution in [3.63, 3.8) is 0 Å². The van der Waals surface area contributed by atoms with E-state index in [9.17, 15) is 19.3 Å². The Kier molecular flexibility index (Phi) is 5.64. The van der Waals surface area contributed by atoms with Gasteiger partial charge in [0.1, 0.15) is 11.5 Å². The van der Waals surface area contributed by atoms with Crippen LogP contribution in [-0.2, 0) is 4.79 Å². The van der Waals surface area contributed by atoms with E-state index in [1.165, 1.54) is 18.2 Å². The summed E-state index contributed by atoms with van der Waals surface area (Å²) in [6, 6.07) is 10.5. The van der Waals surface area contributed by atoms with Crippen LogP contribution < -0.4 is 10.6 Å². The van der Waals surface area contributed by atoms with Crippen molar-refractivity contribution in [2.24, 2.45) is 0 Å². The van der Waals surface area contributed by atoms with Gasteiger partial charge in [-0.25, -0.2) is 4.39 Å². The molecule has 6 nitrogen and oxygen atoms in total. The Bertz CT molecular complexity index is 740. The number of amides is 1. The number of benzene rings is 2. The summed E-state index contributed by atoms with van der Waals surface area (Å²) in [6.07, 6.45) is 0.0432. The largest absolute Gasteiger partial charge is 0.379 e. The lowest BCUT2D eigenvalue weighted by molar-refractivity contribution is -0.384. The van der Waals surface area contributed by atoms with Crippen LogP contribution in [0.2, 0.25) is 0 Å². The standard InChI is InChI=1S/C15H13BrFN3O3/c16-10-5-6-12(11(17)9-10)19-15(21)7-8-18-13-3-1-2-4-14(13)20(22)23/h1-6,9,18H,7-8H2,(H,19,21). The highest BCUT2D eigenvalue weighted by Gasteiger charge is 2.12. The lowest BCUT2D eigenvalue weighted by atomic mass is 10.2. The van der Waals surface area contributed by atoms with Crippen LogP contribution >= 0.6 is 15.9 Å². The minimum atomic E-state index is -0.542. The van der Waals surface area contributed by atoms with Gasteiger partial charge in [0.05, 0.1) is 10.6 Å². The molecule has 0 aromatic heterocycles. The zero-order chi connectivity index (χ0) is 16.8. The fraction of sp³-hybridized carbons (Fsp3) is 0.133. The van der Waals surface area contributed by atoms with Gasteiger partial charge in [0.2, 0.25) is 5.91 Å². The molecular weight excluding hydrogens is 369 g/mol. The first-order chi connectivity index (χ1) is 11.0. The molecule has 0 aliphatic rings. The highest BCUT2D eigenvalue weighted by Crippen LogP contribution is 2.23. The number of rotatable bonds is 6. The van der Waals surface area contributed by atoms with Gasteiger partial charge in [-0.2, -0.15) is 0 Å². The van der Waals surface area contributed by atoms with E-state index in [4.69, 9.17) is 0 Å². The molecule has 0 spiro atoms. The van der Waals surface area contributed by atoms with Gasteiger partial charge in [-0.3, -0.25) is 14.9 Å². The highest BCUT2D eigenvalue weighted by atomic mass is 79.9. The maximum Gasteiger partial charge on any atom is 0.292 e. The van der Waals surface area contributed by atoms with Crippen LogP contribution in [-0.4, -0.2) is 17.4 Å². The predicted octanol–water partition coefficient (Wildman–Crippen LogP) is 3.94. The number of para-hydroxylation sites is 2. The lowest BCUT2D eigenvalue weighted by Gasteiger charge is -2.08. The van der Waals surface area contributed by atoms with Gasteiger partial charge in [0.25, 0.3) is 5.69 Å². The van der Waals surface area contributed by atoms with Crippen molar-refractivity contribution >= 4 is 38.9 Å². The Morgan fingerprint density at radius 1 is 1.22 bits per heavy atom. The summed E-state index contributed by atoms with van der Waals surface area (Å²) in [5, 5.41) is 16.1. The monoisotopic (exact) mass is 381 g/mol. The van der Waals surface area contributed by atoms with Crippen LogP contribution in [0.4, 0.5) is 21.5 Å². The molecule has 23 heavy (non-hydrogen) atoms. The molecule has 8 heteroatoms. The number of nitro groups is 1. The van der Waals surface area contributed by atoms with Crippen LogP contribution in [0, 0.1) is 15.9 Å². The number of carbonyl (C=O) groups excluding carboxylic acids is 1. The summed E-state index contributed by atoms with van der Waals surface area (Å²) in [6.45, 7) is 0.189. The second-order valence-corrected chi connectivity index (χ2v) is 5.54. The molecule has 0 heterocycles. The summed E-state index contributed by atoms with van der Waals surface area (Å²) >= 11 is 3.13. The minimum Gasteiger partial charge on any atom is -0.379 e. The van der Waals surface area contributed by atoms with E-state index < -0.39 is 16.6 Å². The minimum absolute atomic E-state index is 0.0432. The SMILES string of the molecule is O=C(CCNc1ccccc1[N+](=O)[O-])Nc1ccc(Br)cc1F. The van der Waals surface area contributed by atoms with Gasteiger partial charge in [0, 0.05) is 23.5 Å². The second kappa shape index (κ2) is 7.68. The van der Waals surface area contributed by atoms with E-state index in [0.717, 1.165) is 0 Å². The Hall–Kier alpha value is -2.48. The van der Waals surface area contributed by atoms with Crippen molar-refractivity contribution in [2.45, 2.75) is 6.42 Å². The molecule has 0 radical (unpaired) electrons. The number of carbonyl (C=O) groups is 1. The Balaban J connectivity index is 1.89. The van der Waals surface area contributed by atoms with Crippen LogP contribution in [0.25, 0.3) is 0 Å². The molecule has 0 bridgehead atoms.